The van der Waals surface area contributed by atoms with Gasteiger partial charge in [0.05, 0.1) is 18.2 Å². The molecule has 0 spiro atoms. The van der Waals surface area contributed by atoms with Crippen LogP contribution in [-0.2, 0) is 9.84 Å². The van der Waals surface area contributed by atoms with Gasteiger partial charge in [0, 0.05) is 24.1 Å². The van der Waals surface area contributed by atoms with Gasteiger partial charge in [0.25, 0.3) is 5.56 Å². The lowest BCUT2D eigenvalue weighted by Crippen LogP contribution is -2.43. The molecule has 35 heavy (non-hydrogen) atoms. The first-order chi connectivity index (χ1) is 16.3. The zero-order valence-electron chi connectivity index (χ0n) is 21.6. The number of benzene rings is 1. The predicted octanol–water partition coefficient (Wildman–Crippen LogP) is 4.76. The number of methoxy groups -OCH3 is 1. The lowest BCUT2D eigenvalue weighted by Gasteiger charge is -2.38. The van der Waals surface area contributed by atoms with E-state index in [-0.39, 0.29) is 16.4 Å². The number of hydrogen-bond acceptors (Lipinski definition) is 6. The Morgan fingerprint density at radius 2 is 1.57 bits per heavy atom. The van der Waals surface area contributed by atoms with E-state index in [9.17, 15) is 13.2 Å². The van der Waals surface area contributed by atoms with E-state index < -0.39 is 17.9 Å². The largest absolute Gasteiger partial charge is 0.497 e. The molecule has 2 aromatic heterocycles. The molecule has 0 aliphatic heterocycles. The second kappa shape index (κ2) is 9.95. The maximum absolute atomic E-state index is 13.4. The molecule has 0 bridgehead atoms. The van der Waals surface area contributed by atoms with E-state index in [1.54, 1.807) is 31.4 Å². The molecule has 0 saturated carbocycles. The maximum atomic E-state index is 13.4. The molecule has 0 aliphatic carbocycles. The molecular formula is C26H33N3O4SSi. The molecule has 0 unspecified atom stereocenters. The van der Waals surface area contributed by atoms with Gasteiger partial charge in [-0.05, 0) is 40.9 Å². The highest BCUT2D eigenvalue weighted by atomic mass is 32.2. The molecule has 0 amide bonds. The fraction of sp³-hybridized carbons (Fsp3) is 0.423. The van der Waals surface area contributed by atoms with E-state index in [0.717, 1.165) is 6.26 Å². The van der Waals surface area contributed by atoms with Crippen LogP contribution in [-0.4, -0.2) is 44.4 Å². The van der Waals surface area contributed by atoms with Crippen LogP contribution < -0.4 is 10.3 Å². The molecule has 2 heterocycles. The van der Waals surface area contributed by atoms with Gasteiger partial charge in [-0.1, -0.05) is 47.5 Å². The highest BCUT2D eigenvalue weighted by Crippen LogP contribution is 2.40. The van der Waals surface area contributed by atoms with E-state index in [2.05, 4.69) is 63.0 Å². The Kier molecular flexibility index (Phi) is 7.58. The molecule has 0 aliphatic rings. The Labute approximate surface area is 208 Å². The van der Waals surface area contributed by atoms with Gasteiger partial charge in [0.15, 0.2) is 5.65 Å². The zero-order valence-corrected chi connectivity index (χ0v) is 23.4. The number of hydrogen-bond donors (Lipinski definition) is 0. The van der Waals surface area contributed by atoms with Crippen LogP contribution in [0.1, 0.15) is 47.1 Å². The monoisotopic (exact) mass is 511 g/mol. The predicted molar refractivity (Wildman–Crippen MR) is 143 cm³/mol. The normalized spacial score (nSPS) is 12.3. The number of sulfone groups is 1. The molecule has 0 saturated heterocycles. The van der Waals surface area contributed by atoms with E-state index in [1.807, 2.05) is 0 Å². The Morgan fingerprint density at radius 3 is 2.06 bits per heavy atom. The van der Waals surface area contributed by atoms with E-state index in [1.165, 1.54) is 16.8 Å². The quantitative estimate of drug-likeness (QED) is 0.269. The molecule has 3 aromatic rings. The topological polar surface area (TPSA) is 91.2 Å². The number of nitrogens with zero attached hydrogens (tertiary/aromatic N) is 3. The third-order valence-corrected chi connectivity index (χ3v) is 13.8. The van der Waals surface area contributed by atoms with Crippen LogP contribution in [0.15, 0.2) is 46.5 Å². The number of ether oxygens (including phenoxy) is 1. The molecule has 9 heteroatoms. The summed E-state index contributed by atoms with van der Waals surface area (Å²) in [5, 5.41) is 0.187. The summed E-state index contributed by atoms with van der Waals surface area (Å²) >= 11 is 0. The summed E-state index contributed by atoms with van der Waals surface area (Å²) in [6, 6.07) is 8.40. The first kappa shape index (κ1) is 26.6. The van der Waals surface area contributed by atoms with Gasteiger partial charge in [-0.15, -0.1) is 5.54 Å². The van der Waals surface area contributed by atoms with Gasteiger partial charge >= 0.3 is 0 Å². The van der Waals surface area contributed by atoms with Crippen molar-refractivity contribution in [2.45, 2.75) is 63.3 Å². The number of pyridine rings is 1. The van der Waals surface area contributed by atoms with Crippen LogP contribution in [0.2, 0.25) is 16.6 Å². The SMILES string of the molecule is COc1ccc(-n2c(=O)cc(C#C[Si](C(C)C)(C(C)C)C(C)C)c3cnc(S(C)(=O)=O)nc32)cc1. The molecule has 1 aromatic carbocycles. The average molecular weight is 512 g/mol. The summed E-state index contributed by atoms with van der Waals surface area (Å²) in [4.78, 5) is 21.8. The minimum atomic E-state index is -3.69. The highest BCUT2D eigenvalue weighted by Gasteiger charge is 2.41. The van der Waals surface area contributed by atoms with Crippen LogP contribution in [0.3, 0.4) is 0 Å². The van der Waals surface area contributed by atoms with Crippen molar-refractivity contribution >= 4 is 28.9 Å². The Balaban J connectivity index is 2.38. The van der Waals surface area contributed by atoms with E-state index >= 15 is 0 Å². The summed E-state index contributed by atoms with van der Waals surface area (Å²) in [5.74, 6) is 3.95. The Bertz CT molecular complexity index is 1440. The van der Waals surface area contributed by atoms with Gasteiger partial charge in [0.1, 0.15) is 13.8 Å². The molecule has 0 N–H and O–H groups in total. The van der Waals surface area contributed by atoms with Crippen LogP contribution in [0.4, 0.5) is 0 Å². The van der Waals surface area contributed by atoms with Crippen molar-refractivity contribution in [2.75, 3.05) is 13.4 Å². The summed E-state index contributed by atoms with van der Waals surface area (Å²) in [6.07, 6.45) is 2.49. The average Bonchev–Trinajstić information content (AvgIpc) is 2.78. The molecule has 3 rings (SSSR count). The number of aromatic nitrogens is 3. The third-order valence-electron chi connectivity index (χ3n) is 6.68. The van der Waals surface area contributed by atoms with Crippen LogP contribution in [0.5, 0.6) is 5.75 Å². The molecular weight excluding hydrogens is 478 g/mol. The molecule has 0 atom stereocenters. The second-order valence-electron chi connectivity index (χ2n) is 9.74. The van der Waals surface area contributed by atoms with Crippen molar-refractivity contribution < 1.29 is 13.2 Å². The lowest BCUT2D eigenvalue weighted by molar-refractivity contribution is 0.414. The number of rotatable bonds is 6. The molecule has 7 nitrogen and oxygen atoms in total. The lowest BCUT2D eigenvalue weighted by atomic mass is 10.2. The molecule has 186 valence electrons. The van der Waals surface area contributed by atoms with E-state index in [0.29, 0.717) is 39.0 Å². The van der Waals surface area contributed by atoms with Gasteiger partial charge in [-0.3, -0.25) is 9.36 Å². The van der Waals surface area contributed by atoms with Gasteiger partial charge in [0.2, 0.25) is 15.0 Å². The Hall–Kier alpha value is -2.96. The first-order valence-electron chi connectivity index (χ1n) is 11.6. The smallest absolute Gasteiger partial charge is 0.258 e. The summed E-state index contributed by atoms with van der Waals surface area (Å²) in [5.41, 5.74) is 5.81. The van der Waals surface area contributed by atoms with Crippen LogP contribution in [0.25, 0.3) is 16.7 Å². The van der Waals surface area contributed by atoms with Gasteiger partial charge in [-0.25, -0.2) is 13.4 Å². The van der Waals surface area contributed by atoms with Crippen molar-refractivity contribution in [3.05, 3.63) is 52.4 Å². The Morgan fingerprint density at radius 1 is 1.00 bits per heavy atom. The van der Waals surface area contributed by atoms with Crippen LogP contribution in [0, 0.1) is 11.5 Å². The van der Waals surface area contributed by atoms with Gasteiger partial charge < -0.3 is 4.74 Å². The fourth-order valence-electron chi connectivity index (χ4n) is 4.96. The van der Waals surface area contributed by atoms with Gasteiger partial charge in [-0.2, -0.15) is 4.98 Å². The minimum absolute atomic E-state index is 0.202. The summed E-state index contributed by atoms with van der Waals surface area (Å²) in [6.45, 7) is 13.3. The van der Waals surface area contributed by atoms with E-state index in [4.69, 9.17) is 4.74 Å². The maximum Gasteiger partial charge on any atom is 0.258 e. The van der Waals surface area contributed by atoms with Crippen LogP contribution >= 0.6 is 0 Å². The minimum Gasteiger partial charge on any atom is -0.497 e. The summed E-state index contributed by atoms with van der Waals surface area (Å²) in [7, 11) is -4.19. The molecule has 0 radical (unpaired) electrons. The second-order valence-corrected chi connectivity index (χ2v) is 17.2. The molecule has 0 fully saturated rings. The van der Waals surface area contributed by atoms with Crippen molar-refractivity contribution in [2.24, 2.45) is 0 Å². The first-order valence-corrected chi connectivity index (χ1v) is 15.8. The van der Waals surface area contributed by atoms with Crippen molar-refractivity contribution in [3.63, 3.8) is 0 Å². The van der Waals surface area contributed by atoms with Crippen molar-refractivity contribution in [3.8, 4) is 22.9 Å². The number of fused-ring (bicyclic) bond motifs is 1. The summed E-state index contributed by atoms with van der Waals surface area (Å²) < 4.78 is 31.0. The highest BCUT2D eigenvalue weighted by molar-refractivity contribution is 7.90. The third kappa shape index (κ3) is 5.04. The zero-order chi connectivity index (χ0) is 26.1. The van der Waals surface area contributed by atoms with Crippen molar-refractivity contribution in [1.29, 1.82) is 0 Å². The fourth-order valence-corrected chi connectivity index (χ4v) is 10.7. The van der Waals surface area contributed by atoms with Crippen molar-refractivity contribution in [1.82, 2.24) is 14.5 Å². The standard InChI is InChI=1S/C26H33N3O4SSi/c1-17(2)35(18(3)4,19(5)6)14-13-20-15-24(30)29(21-9-11-22(33-7)12-10-21)25-23(20)16-27-26(28-25)34(8,31)32/h9-12,15-19H,1-8H3.